The van der Waals surface area contributed by atoms with Gasteiger partial charge in [-0.15, -0.1) is 0 Å². The fourth-order valence-electron chi connectivity index (χ4n) is 1.31. The summed E-state index contributed by atoms with van der Waals surface area (Å²) in [5.74, 6) is -2.22. The normalized spacial score (nSPS) is 10.9. The smallest absolute Gasteiger partial charge is 0.335 e. The Morgan fingerprint density at radius 3 is 1.85 bits per heavy atom. The highest BCUT2D eigenvalue weighted by molar-refractivity contribution is 5.96. The van der Waals surface area contributed by atoms with E-state index in [4.69, 9.17) is 15.3 Å². The van der Waals surface area contributed by atoms with Crippen LogP contribution in [-0.2, 0) is 0 Å². The molecule has 0 saturated heterocycles. The van der Waals surface area contributed by atoms with Crippen LogP contribution >= 0.6 is 0 Å². The molecule has 0 bridgehead atoms. The van der Waals surface area contributed by atoms with Gasteiger partial charge in [0.15, 0.2) is 0 Å². The summed E-state index contributed by atoms with van der Waals surface area (Å²) in [7, 11) is 0. The number of aliphatic hydroxyl groups is 1. The molecule has 0 spiro atoms. The van der Waals surface area contributed by atoms with Crippen LogP contribution in [0, 0.1) is 17.0 Å². The van der Waals surface area contributed by atoms with Crippen molar-refractivity contribution in [3.8, 4) is 0 Å². The lowest BCUT2D eigenvalue weighted by atomic mass is 10.0. The maximum atomic E-state index is 10.6. The van der Waals surface area contributed by atoms with Gasteiger partial charge in [-0.1, -0.05) is 6.07 Å². The van der Waals surface area contributed by atoms with Crippen molar-refractivity contribution < 1.29 is 29.8 Å². The number of nitro groups is 1. The third kappa shape index (κ3) is 5.91. The van der Waals surface area contributed by atoms with E-state index in [-0.39, 0.29) is 23.2 Å². The van der Waals surface area contributed by atoms with E-state index in [9.17, 15) is 19.7 Å². The summed E-state index contributed by atoms with van der Waals surface area (Å²) in [5.41, 5.74) is 0.335. The molecule has 0 fully saturated rings. The second-order valence-corrected chi connectivity index (χ2v) is 3.95. The fourth-order valence-corrected chi connectivity index (χ4v) is 1.31. The van der Waals surface area contributed by atoms with Crippen LogP contribution in [0.5, 0.6) is 0 Å². The molecule has 110 valence electrons. The van der Waals surface area contributed by atoms with Gasteiger partial charge in [0.2, 0.25) is 6.54 Å². The van der Waals surface area contributed by atoms with Gasteiger partial charge in [-0.3, -0.25) is 10.1 Å². The summed E-state index contributed by atoms with van der Waals surface area (Å²) >= 11 is 0. The minimum Gasteiger partial charge on any atom is -0.478 e. The number of nitrogens with zero attached hydrogens (tertiary/aromatic N) is 1. The first-order valence-electron chi connectivity index (χ1n) is 5.52. The van der Waals surface area contributed by atoms with Crippen LogP contribution in [0.1, 0.15) is 33.2 Å². The number of hydrogen-bond donors (Lipinski definition) is 3. The number of carboxylic acid groups (broad SMARTS) is 2. The molecule has 3 N–H and O–H groups in total. The zero-order chi connectivity index (χ0) is 15.9. The Balaban J connectivity index is 0.000000441. The number of aromatic carboxylic acids is 2. The Kier molecular flexibility index (Phi) is 6.87. The number of aliphatic hydroxyl groups excluding tert-OH is 1. The average Bonchev–Trinajstić information content (AvgIpc) is 2.27. The van der Waals surface area contributed by atoms with Gasteiger partial charge in [-0.2, -0.15) is 0 Å². The van der Waals surface area contributed by atoms with Crippen molar-refractivity contribution in [2.45, 2.75) is 20.0 Å². The van der Waals surface area contributed by atoms with E-state index in [0.717, 1.165) is 0 Å². The first kappa shape index (κ1) is 17.5. The molecule has 1 rings (SSSR count). The van der Waals surface area contributed by atoms with Crippen LogP contribution in [-0.4, -0.2) is 44.8 Å². The number of hydrogen-bond acceptors (Lipinski definition) is 5. The number of rotatable bonds is 4. The van der Waals surface area contributed by atoms with Gasteiger partial charge >= 0.3 is 11.9 Å². The molecule has 1 aromatic rings. The Bertz CT molecular complexity index is 478. The van der Waals surface area contributed by atoms with E-state index >= 15 is 0 Å². The second kappa shape index (κ2) is 7.85. The van der Waals surface area contributed by atoms with Crippen molar-refractivity contribution in [2.24, 2.45) is 0 Å². The SMILES string of the molecule is CC(O)C[N+](=O)[O-].Cc1c(C(=O)O)cccc1C(=O)O. The van der Waals surface area contributed by atoms with Crippen LogP contribution in [0.4, 0.5) is 0 Å². The highest BCUT2D eigenvalue weighted by Gasteiger charge is 2.13. The summed E-state index contributed by atoms with van der Waals surface area (Å²) < 4.78 is 0. The van der Waals surface area contributed by atoms with E-state index < -0.39 is 23.0 Å². The third-order valence-electron chi connectivity index (χ3n) is 2.21. The van der Waals surface area contributed by atoms with E-state index in [2.05, 4.69) is 0 Å². The van der Waals surface area contributed by atoms with Gasteiger partial charge in [0.1, 0.15) is 6.10 Å². The van der Waals surface area contributed by atoms with E-state index in [1.54, 1.807) is 0 Å². The molecule has 0 aliphatic heterocycles. The molecule has 1 atom stereocenters. The molecular formula is C12H15NO7. The molecular weight excluding hydrogens is 270 g/mol. The molecule has 0 aromatic heterocycles. The molecule has 0 saturated carbocycles. The maximum Gasteiger partial charge on any atom is 0.335 e. The molecule has 8 nitrogen and oxygen atoms in total. The second-order valence-electron chi connectivity index (χ2n) is 3.95. The Labute approximate surface area is 114 Å². The van der Waals surface area contributed by atoms with Crippen LogP contribution in [0.15, 0.2) is 18.2 Å². The summed E-state index contributed by atoms with van der Waals surface area (Å²) in [6.45, 7) is 2.50. The largest absolute Gasteiger partial charge is 0.478 e. The van der Waals surface area contributed by atoms with Gasteiger partial charge in [0.05, 0.1) is 11.1 Å². The fraction of sp³-hybridized carbons (Fsp3) is 0.333. The minimum absolute atomic E-state index is 0.0277. The third-order valence-corrected chi connectivity index (χ3v) is 2.21. The topological polar surface area (TPSA) is 138 Å². The predicted octanol–water partition coefficient (Wildman–Crippen LogP) is 1.04. The highest BCUT2D eigenvalue weighted by Crippen LogP contribution is 2.13. The first-order valence-corrected chi connectivity index (χ1v) is 5.52. The van der Waals surface area contributed by atoms with Crippen molar-refractivity contribution in [3.63, 3.8) is 0 Å². The van der Waals surface area contributed by atoms with Crippen LogP contribution in [0.2, 0.25) is 0 Å². The van der Waals surface area contributed by atoms with Gasteiger partial charge in [-0.05, 0) is 31.5 Å². The zero-order valence-corrected chi connectivity index (χ0v) is 10.9. The Morgan fingerprint density at radius 1 is 1.25 bits per heavy atom. The summed E-state index contributed by atoms with van der Waals surface area (Å²) in [5, 5.41) is 35.1. The van der Waals surface area contributed by atoms with E-state index in [1.807, 2.05) is 0 Å². The van der Waals surface area contributed by atoms with Crippen molar-refractivity contribution in [1.29, 1.82) is 0 Å². The standard InChI is InChI=1S/C9H8O4.C3H7NO3/c1-5-6(8(10)11)3-2-4-7(5)9(12)13;1-3(5)2-4(6)7/h2-4H,1H3,(H,10,11)(H,12,13);3,5H,2H2,1H3. The molecule has 0 aliphatic rings. The van der Waals surface area contributed by atoms with Gasteiger partial charge in [0, 0.05) is 4.92 Å². The minimum atomic E-state index is -1.11. The lowest BCUT2D eigenvalue weighted by Gasteiger charge is -2.03. The lowest BCUT2D eigenvalue weighted by molar-refractivity contribution is -0.489. The molecule has 8 heteroatoms. The maximum absolute atomic E-state index is 10.6. The number of benzene rings is 1. The monoisotopic (exact) mass is 285 g/mol. The quantitative estimate of drug-likeness (QED) is 0.554. The van der Waals surface area contributed by atoms with Gasteiger partial charge < -0.3 is 15.3 Å². The van der Waals surface area contributed by atoms with Gasteiger partial charge in [-0.25, -0.2) is 9.59 Å². The summed E-state index contributed by atoms with van der Waals surface area (Å²) in [6.07, 6.45) is -0.824. The first-order chi connectivity index (χ1) is 9.16. The van der Waals surface area contributed by atoms with Crippen molar-refractivity contribution in [1.82, 2.24) is 0 Å². The molecule has 0 aliphatic carbocycles. The lowest BCUT2D eigenvalue weighted by Crippen LogP contribution is -2.14. The average molecular weight is 285 g/mol. The predicted molar refractivity (Wildman–Crippen MR) is 68.6 cm³/mol. The Morgan fingerprint density at radius 2 is 1.65 bits per heavy atom. The van der Waals surface area contributed by atoms with Crippen LogP contribution < -0.4 is 0 Å². The number of carbonyl (C=O) groups is 2. The highest BCUT2D eigenvalue weighted by atomic mass is 16.6. The van der Waals surface area contributed by atoms with Crippen molar-refractivity contribution >= 4 is 11.9 Å². The van der Waals surface area contributed by atoms with Gasteiger partial charge in [0.25, 0.3) is 0 Å². The Hall–Kier alpha value is -2.48. The number of carboxylic acids is 2. The molecule has 20 heavy (non-hydrogen) atoms. The summed E-state index contributed by atoms with van der Waals surface area (Å²) in [4.78, 5) is 30.1. The van der Waals surface area contributed by atoms with Crippen LogP contribution in [0.25, 0.3) is 0 Å². The molecule has 0 radical (unpaired) electrons. The molecule has 0 heterocycles. The van der Waals surface area contributed by atoms with E-state index in [0.29, 0.717) is 0 Å². The zero-order valence-electron chi connectivity index (χ0n) is 10.9. The summed E-state index contributed by atoms with van der Waals surface area (Å²) in [6, 6.07) is 4.17. The molecule has 1 aromatic carbocycles. The molecule has 1 unspecified atom stereocenters. The van der Waals surface area contributed by atoms with Crippen molar-refractivity contribution in [3.05, 3.63) is 45.0 Å². The van der Waals surface area contributed by atoms with Crippen molar-refractivity contribution in [2.75, 3.05) is 6.54 Å². The van der Waals surface area contributed by atoms with E-state index in [1.165, 1.54) is 32.0 Å². The van der Waals surface area contributed by atoms with Crippen LogP contribution in [0.3, 0.4) is 0 Å². The molecule has 0 amide bonds.